The number of pyridine rings is 1. The van der Waals surface area contributed by atoms with Crippen molar-refractivity contribution in [2.75, 3.05) is 13.7 Å². The van der Waals surface area contributed by atoms with Crippen LogP contribution in [0, 0.1) is 0 Å². The number of rotatable bonds is 7. The van der Waals surface area contributed by atoms with E-state index in [2.05, 4.69) is 10.3 Å². The monoisotopic (exact) mass is 327 g/mol. The molecule has 0 saturated carbocycles. The van der Waals surface area contributed by atoms with E-state index >= 15 is 0 Å². The highest BCUT2D eigenvalue weighted by Gasteiger charge is 2.14. The van der Waals surface area contributed by atoms with Gasteiger partial charge < -0.3 is 15.0 Å². The second-order valence-electron chi connectivity index (χ2n) is 5.32. The molecule has 0 aliphatic rings. The quantitative estimate of drug-likeness (QED) is 0.841. The van der Waals surface area contributed by atoms with E-state index in [1.807, 2.05) is 42.5 Å². The van der Waals surface area contributed by atoms with Crippen molar-refractivity contribution < 1.29 is 14.3 Å². The van der Waals surface area contributed by atoms with Crippen LogP contribution in [0.15, 0.2) is 48.7 Å². The first-order valence-electron chi connectivity index (χ1n) is 7.63. The van der Waals surface area contributed by atoms with E-state index in [-0.39, 0.29) is 18.4 Å². The Balaban J connectivity index is 1.87. The van der Waals surface area contributed by atoms with Crippen molar-refractivity contribution in [2.45, 2.75) is 20.0 Å². The zero-order chi connectivity index (χ0) is 17.4. The molecule has 2 rings (SSSR count). The number of carbonyl (C=O) groups excluding carboxylic acids is 2. The van der Waals surface area contributed by atoms with Gasteiger partial charge >= 0.3 is 0 Å². The highest BCUT2D eigenvalue weighted by Crippen LogP contribution is 2.11. The van der Waals surface area contributed by atoms with Gasteiger partial charge in [0.2, 0.25) is 11.8 Å². The van der Waals surface area contributed by atoms with Crippen molar-refractivity contribution >= 4 is 11.8 Å². The Morgan fingerprint density at radius 3 is 2.50 bits per heavy atom. The number of nitrogens with zero attached hydrogens (tertiary/aromatic N) is 2. The molecule has 126 valence electrons. The standard InChI is InChI=1S/C18H21N3O3/c1-14(22)21(12-16-5-3-4-10-19-16)13-18(23)20-11-15-6-8-17(24-2)9-7-15/h3-10H,11-13H2,1-2H3,(H,20,23). The van der Waals surface area contributed by atoms with Gasteiger partial charge in [-0.15, -0.1) is 0 Å². The van der Waals surface area contributed by atoms with Gasteiger partial charge in [0.25, 0.3) is 0 Å². The maximum Gasteiger partial charge on any atom is 0.239 e. The Kier molecular flexibility index (Phi) is 6.31. The number of carbonyl (C=O) groups is 2. The normalized spacial score (nSPS) is 10.1. The molecule has 0 saturated heterocycles. The van der Waals surface area contributed by atoms with Gasteiger partial charge in [0.1, 0.15) is 5.75 Å². The van der Waals surface area contributed by atoms with E-state index < -0.39 is 0 Å². The summed E-state index contributed by atoms with van der Waals surface area (Å²) in [6.07, 6.45) is 1.66. The molecule has 0 fully saturated rings. The fourth-order valence-corrected chi connectivity index (χ4v) is 2.14. The van der Waals surface area contributed by atoms with Crippen LogP contribution < -0.4 is 10.1 Å². The minimum absolute atomic E-state index is 0.00205. The molecule has 1 aromatic heterocycles. The van der Waals surface area contributed by atoms with Crippen molar-refractivity contribution in [1.29, 1.82) is 0 Å². The first-order chi connectivity index (χ1) is 11.6. The Morgan fingerprint density at radius 2 is 1.92 bits per heavy atom. The van der Waals surface area contributed by atoms with Crippen molar-refractivity contribution in [1.82, 2.24) is 15.2 Å². The van der Waals surface area contributed by atoms with Crippen molar-refractivity contribution in [3.8, 4) is 5.75 Å². The Bertz CT molecular complexity index is 672. The van der Waals surface area contributed by atoms with Crippen LogP contribution >= 0.6 is 0 Å². The average molecular weight is 327 g/mol. The van der Waals surface area contributed by atoms with Crippen LogP contribution in [0.5, 0.6) is 5.75 Å². The smallest absolute Gasteiger partial charge is 0.239 e. The van der Waals surface area contributed by atoms with Gasteiger partial charge in [0, 0.05) is 19.7 Å². The number of methoxy groups -OCH3 is 1. The van der Waals surface area contributed by atoms with E-state index in [0.29, 0.717) is 13.1 Å². The second-order valence-corrected chi connectivity index (χ2v) is 5.32. The fourth-order valence-electron chi connectivity index (χ4n) is 2.14. The summed E-state index contributed by atoms with van der Waals surface area (Å²) in [7, 11) is 1.61. The zero-order valence-corrected chi connectivity index (χ0v) is 13.9. The lowest BCUT2D eigenvalue weighted by Crippen LogP contribution is -2.39. The van der Waals surface area contributed by atoms with Gasteiger partial charge in [0.05, 0.1) is 25.9 Å². The van der Waals surface area contributed by atoms with Crippen molar-refractivity contribution in [2.24, 2.45) is 0 Å². The van der Waals surface area contributed by atoms with Crippen LogP contribution in [-0.2, 0) is 22.7 Å². The molecule has 2 aromatic rings. The van der Waals surface area contributed by atoms with Gasteiger partial charge in [-0.25, -0.2) is 0 Å². The molecule has 0 bridgehead atoms. The van der Waals surface area contributed by atoms with Gasteiger partial charge in [-0.3, -0.25) is 14.6 Å². The topological polar surface area (TPSA) is 71.5 Å². The molecule has 6 heteroatoms. The molecule has 0 aliphatic heterocycles. The summed E-state index contributed by atoms with van der Waals surface area (Å²) in [5.74, 6) is 0.389. The molecule has 1 aromatic carbocycles. The summed E-state index contributed by atoms with van der Waals surface area (Å²) in [5.41, 5.74) is 1.71. The number of nitrogens with one attached hydrogen (secondary N) is 1. The van der Waals surface area contributed by atoms with E-state index in [9.17, 15) is 9.59 Å². The van der Waals surface area contributed by atoms with Crippen LogP contribution in [0.1, 0.15) is 18.2 Å². The van der Waals surface area contributed by atoms with Gasteiger partial charge in [-0.05, 0) is 29.8 Å². The molecule has 2 amide bonds. The molecular formula is C18H21N3O3. The summed E-state index contributed by atoms with van der Waals surface area (Å²) in [4.78, 5) is 29.5. The lowest BCUT2D eigenvalue weighted by molar-refractivity contribution is -0.135. The zero-order valence-electron chi connectivity index (χ0n) is 13.9. The van der Waals surface area contributed by atoms with E-state index in [4.69, 9.17) is 4.74 Å². The molecule has 0 spiro atoms. The minimum Gasteiger partial charge on any atom is -0.497 e. The summed E-state index contributed by atoms with van der Waals surface area (Å²) in [6, 6.07) is 12.9. The maximum atomic E-state index is 12.1. The summed E-state index contributed by atoms with van der Waals surface area (Å²) < 4.78 is 5.09. The highest BCUT2D eigenvalue weighted by molar-refractivity contribution is 5.83. The molecule has 1 N–H and O–H groups in total. The van der Waals surface area contributed by atoms with Crippen LogP contribution in [0.25, 0.3) is 0 Å². The maximum absolute atomic E-state index is 12.1. The molecule has 6 nitrogen and oxygen atoms in total. The molecule has 0 radical (unpaired) electrons. The van der Waals surface area contributed by atoms with Crippen molar-refractivity contribution in [3.05, 3.63) is 59.9 Å². The number of hydrogen-bond donors (Lipinski definition) is 1. The Hall–Kier alpha value is -2.89. The van der Waals surface area contributed by atoms with Crippen LogP contribution in [0.4, 0.5) is 0 Å². The number of amides is 2. The highest BCUT2D eigenvalue weighted by atomic mass is 16.5. The van der Waals surface area contributed by atoms with Gasteiger partial charge in [0.15, 0.2) is 0 Å². The van der Waals surface area contributed by atoms with Gasteiger partial charge in [-0.1, -0.05) is 18.2 Å². The number of ether oxygens (including phenoxy) is 1. The molecule has 1 heterocycles. The van der Waals surface area contributed by atoms with Crippen molar-refractivity contribution in [3.63, 3.8) is 0 Å². The fraction of sp³-hybridized carbons (Fsp3) is 0.278. The minimum atomic E-state index is -0.211. The Labute approximate surface area is 141 Å². The predicted molar refractivity (Wildman–Crippen MR) is 90.2 cm³/mol. The average Bonchev–Trinajstić information content (AvgIpc) is 2.60. The second kappa shape index (κ2) is 8.67. The third-order valence-corrected chi connectivity index (χ3v) is 3.51. The third-order valence-electron chi connectivity index (χ3n) is 3.51. The summed E-state index contributed by atoms with van der Waals surface area (Å²) >= 11 is 0. The number of benzene rings is 1. The van der Waals surface area contributed by atoms with Gasteiger partial charge in [-0.2, -0.15) is 0 Å². The predicted octanol–water partition coefficient (Wildman–Crippen LogP) is 1.76. The molecule has 24 heavy (non-hydrogen) atoms. The molecular weight excluding hydrogens is 306 g/mol. The number of hydrogen-bond acceptors (Lipinski definition) is 4. The van der Waals surface area contributed by atoms with E-state index in [1.54, 1.807) is 13.3 Å². The van der Waals surface area contributed by atoms with E-state index in [0.717, 1.165) is 17.0 Å². The largest absolute Gasteiger partial charge is 0.497 e. The van der Waals surface area contributed by atoms with E-state index in [1.165, 1.54) is 11.8 Å². The SMILES string of the molecule is COc1ccc(CNC(=O)CN(Cc2ccccn2)C(C)=O)cc1. The van der Waals surface area contributed by atoms with Crippen LogP contribution in [-0.4, -0.2) is 35.4 Å². The Morgan fingerprint density at radius 1 is 1.17 bits per heavy atom. The third kappa shape index (κ3) is 5.39. The van der Waals surface area contributed by atoms with Crippen LogP contribution in [0.2, 0.25) is 0 Å². The summed E-state index contributed by atoms with van der Waals surface area (Å²) in [6.45, 7) is 2.16. The lowest BCUT2D eigenvalue weighted by atomic mass is 10.2. The first kappa shape index (κ1) is 17.5. The van der Waals surface area contributed by atoms with Crippen LogP contribution in [0.3, 0.4) is 0 Å². The molecule has 0 unspecified atom stereocenters. The summed E-state index contributed by atoms with van der Waals surface area (Å²) in [5, 5.41) is 2.81. The number of aromatic nitrogens is 1. The molecule has 0 atom stereocenters. The molecule has 0 aliphatic carbocycles. The lowest BCUT2D eigenvalue weighted by Gasteiger charge is -2.20. The first-order valence-corrected chi connectivity index (χ1v) is 7.63.